The van der Waals surface area contributed by atoms with E-state index in [4.69, 9.17) is 9.47 Å². The molecule has 0 fully saturated rings. The fourth-order valence-electron chi connectivity index (χ4n) is 2.59. The Bertz CT molecular complexity index is 901. The molecule has 2 aromatic carbocycles. The summed E-state index contributed by atoms with van der Waals surface area (Å²) in [4.78, 5) is 47.0. The second kappa shape index (κ2) is 13.4. The zero-order valence-electron chi connectivity index (χ0n) is 18.6. The number of amides is 4. The molecule has 0 saturated heterocycles. The molecule has 4 amide bonds. The summed E-state index contributed by atoms with van der Waals surface area (Å²) < 4.78 is 10.7. The Balaban J connectivity index is 1.52. The average Bonchev–Trinajstić information content (AvgIpc) is 2.79. The number of nitrogens with one attached hydrogen (secondary N) is 4. The number of hydrogen-bond acceptors (Lipinski definition) is 6. The molecule has 4 N–H and O–H groups in total. The van der Waals surface area contributed by atoms with Gasteiger partial charge in [-0.1, -0.05) is 24.3 Å². The van der Waals surface area contributed by atoms with E-state index in [1.165, 1.54) is 0 Å². The highest BCUT2D eigenvalue weighted by molar-refractivity contribution is 5.84. The molecule has 2 rings (SSSR count). The van der Waals surface area contributed by atoms with Crippen LogP contribution < -0.4 is 31.2 Å². The van der Waals surface area contributed by atoms with E-state index in [1.807, 2.05) is 38.1 Å². The monoisotopic (exact) mass is 456 g/mol. The van der Waals surface area contributed by atoms with Gasteiger partial charge in [-0.3, -0.25) is 40.9 Å². The van der Waals surface area contributed by atoms with Crippen LogP contribution in [0.2, 0.25) is 0 Å². The highest BCUT2D eigenvalue weighted by atomic mass is 16.5. The third-order valence-electron chi connectivity index (χ3n) is 4.21. The zero-order valence-corrected chi connectivity index (χ0v) is 18.6. The molecular formula is C23H28N4O6. The van der Waals surface area contributed by atoms with Crippen molar-refractivity contribution >= 4 is 23.6 Å². The predicted octanol–water partition coefficient (Wildman–Crippen LogP) is 1.23. The predicted molar refractivity (Wildman–Crippen MR) is 120 cm³/mol. The molecule has 10 heteroatoms. The van der Waals surface area contributed by atoms with Gasteiger partial charge in [0.2, 0.25) is 11.8 Å². The number of carbonyl (C=O) groups excluding carboxylic acids is 4. The fourth-order valence-corrected chi connectivity index (χ4v) is 2.59. The number of rotatable bonds is 10. The van der Waals surface area contributed by atoms with Crippen LogP contribution in [0.4, 0.5) is 0 Å². The molecule has 0 aliphatic rings. The van der Waals surface area contributed by atoms with Crippen LogP contribution in [0, 0.1) is 13.8 Å². The van der Waals surface area contributed by atoms with E-state index in [2.05, 4.69) is 21.7 Å². The van der Waals surface area contributed by atoms with Crippen molar-refractivity contribution in [3.05, 3.63) is 59.7 Å². The molecule has 0 spiro atoms. The Hall–Kier alpha value is -4.08. The van der Waals surface area contributed by atoms with Crippen molar-refractivity contribution in [2.45, 2.75) is 33.1 Å². The summed E-state index contributed by atoms with van der Waals surface area (Å²) in [7, 11) is 0. The first-order valence-electron chi connectivity index (χ1n) is 10.4. The summed E-state index contributed by atoms with van der Waals surface area (Å²) in [6, 6.07) is 14.5. The summed E-state index contributed by atoms with van der Waals surface area (Å²) in [6.07, 6.45) is 0.247. The number of aryl methyl sites for hydroxylation is 2. The Labute approximate surface area is 192 Å². The summed E-state index contributed by atoms with van der Waals surface area (Å²) >= 11 is 0. The van der Waals surface area contributed by atoms with Crippen molar-refractivity contribution < 1.29 is 28.7 Å². The number of ether oxygens (including phenoxy) is 2. The lowest BCUT2D eigenvalue weighted by molar-refractivity contribution is -0.131. The van der Waals surface area contributed by atoms with Crippen LogP contribution in [0.1, 0.15) is 30.4 Å². The molecule has 10 nitrogen and oxygen atoms in total. The van der Waals surface area contributed by atoms with E-state index in [0.29, 0.717) is 11.5 Å². The molecule has 0 aliphatic carbocycles. The van der Waals surface area contributed by atoms with Crippen molar-refractivity contribution in [3.8, 4) is 11.5 Å². The summed E-state index contributed by atoms with van der Waals surface area (Å²) in [5, 5.41) is 0. The first-order chi connectivity index (χ1) is 15.8. The van der Waals surface area contributed by atoms with Crippen LogP contribution >= 0.6 is 0 Å². The molecule has 2 aromatic rings. The van der Waals surface area contributed by atoms with E-state index in [1.54, 1.807) is 24.3 Å². The van der Waals surface area contributed by atoms with Gasteiger partial charge in [0.15, 0.2) is 13.2 Å². The van der Waals surface area contributed by atoms with Gasteiger partial charge in [-0.05, 0) is 55.7 Å². The van der Waals surface area contributed by atoms with Gasteiger partial charge in [0, 0.05) is 12.8 Å². The van der Waals surface area contributed by atoms with Crippen molar-refractivity contribution in [1.82, 2.24) is 21.7 Å². The fraction of sp³-hybridized carbons (Fsp3) is 0.304. The van der Waals surface area contributed by atoms with E-state index < -0.39 is 23.6 Å². The smallest absolute Gasteiger partial charge is 0.276 e. The van der Waals surface area contributed by atoms with Gasteiger partial charge in [-0.2, -0.15) is 0 Å². The number of hydrogen-bond donors (Lipinski definition) is 4. The minimum Gasteiger partial charge on any atom is -0.484 e. The summed E-state index contributed by atoms with van der Waals surface area (Å²) in [5.74, 6) is -0.839. The van der Waals surface area contributed by atoms with Crippen molar-refractivity contribution in [3.63, 3.8) is 0 Å². The number of benzene rings is 2. The van der Waals surface area contributed by atoms with E-state index in [0.717, 1.165) is 11.1 Å². The van der Waals surface area contributed by atoms with Gasteiger partial charge in [0.05, 0.1) is 0 Å². The van der Waals surface area contributed by atoms with Crippen LogP contribution in [-0.4, -0.2) is 36.8 Å². The van der Waals surface area contributed by atoms with E-state index in [-0.39, 0.29) is 32.5 Å². The molecule has 0 saturated carbocycles. The number of hydrazine groups is 2. The maximum atomic E-state index is 11.8. The molecule has 176 valence electrons. The molecule has 0 atom stereocenters. The molecule has 0 unspecified atom stereocenters. The summed E-state index contributed by atoms with van der Waals surface area (Å²) in [6.45, 7) is 3.31. The lowest BCUT2D eigenvalue weighted by atomic mass is 10.2. The van der Waals surface area contributed by atoms with Crippen molar-refractivity contribution in [1.29, 1.82) is 0 Å². The van der Waals surface area contributed by atoms with E-state index >= 15 is 0 Å². The van der Waals surface area contributed by atoms with Gasteiger partial charge in [-0.15, -0.1) is 0 Å². The van der Waals surface area contributed by atoms with E-state index in [9.17, 15) is 19.2 Å². The highest BCUT2D eigenvalue weighted by Crippen LogP contribution is 2.12. The van der Waals surface area contributed by atoms with Crippen molar-refractivity contribution in [2.24, 2.45) is 0 Å². The van der Waals surface area contributed by atoms with Gasteiger partial charge in [0.1, 0.15) is 11.5 Å². The van der Waals surface area contributed by atoms with Crippen LogP contribution in [0.15, 0.2) is 48.5 Å². The van der Waals surface area contributed by atoms with Crippen LogP contribution in [0.25, 0.3) is 0 Å². The second-order valence-electron chi connectivity index (χ2n) is 7.26. The first-order valence-corrected chi connectivity index (χ1v) is 10.4. The Kier molecular flexibility index (Phi) is 10.2. The SMILES string of the molecule is Cc1cccc(OCC(=O)NNC(=O)CCCC(=O)NNC(=O)COc2cccc(C)c2)c1. The quantitative estimate of drug-likeness (QED) is 0.397. The zero-order chi connectivity index (χ0) is 24.1. The van der Waals surface area contributed by atoms with Crippen molar-refractivity contribution in [2.75, 3.05) is 13.2 Å². The maximum Gasteiger partial charge on any atom is 0.276 e. The normalized spacial score (nSPS) is 10.0. The van der Waals surface area contributed by atoms with Gasteiger partial charge >= 0.3 is 0 Å². The Morgan fingerprint density at radius 1 is 0.636 bits per heavy atom. The molecular weight excluding hydrogens is 428 g/mol. The van der Waals surface area contributed by atoms with Crippen LogP contribution in [-0.2, 0) is 19.2 Å². The lowest BCUT2D eigenvalue weighted by Gasteiger charge is -2.10. The first kappa shape index (κ1) is 25.2. The van der Waals surface area contributed by atoms with Crippen LogP contribution in [0.3, 0.4) is 0 Å². The molecule has 0 heterocycles. The molecule has 0 aliphatic heterocycles. The number of carbonyl (C=O) groups is 4. The standard InChI is InChI=1S/C23H28N4O6/c1-16-6-3-8-18(12-16)32-14-22(30)26-24-20(28)10-5-11-21(29)25-27-23(31)15-33-19-9-4-7-17(2)13-19/h3-4,6-9,12-13H,5,10-11,14-15H2,1-2H3,(H,24,28)(H,25,29)(H,26,30)(H,27,31). The molecule has 0 bridgehead atoms. The molecule has 0 aromatic heterocycles. The molecule has 33 heavy (non-hydrogen) atoms. The van der Waals surface area contributed by atoms with Gasteiger partial charge in [-0.25, -0.2) is 0 Å². The second-order valence-corrected chi connectivity index (χ2v) is 7.26. The molecule has 0 radical (unpaired) electrons. The van der Waals surface area contributed by atoms with Crippen LogP contribution in [0.5, 0.6) is 11.5 Å². The van der Waals surface area contributed by atoms with Gasteiger partial charge in [0.25, 0.3) is 11.8 Å². The third kappa shape index (κ3) is 10.7. The van der Waals surface area contributed by atoms with Gasteiger partial charge < -0.3 is 9.47 Å². The maximum absolute atomic E-state index is 11.8. The average molecular weight is 456 g/mol. The highest BCUT2D eigenvalue weighted by Gasteiger charge is 2.09. The summed E-state index contributed by atoms with van der Waals surface area (Å²) in [5.41, 5.74) is 11.0. The Morgan fingerprint density at radius 3 is 1.42 bits per heavy atom. The topological polar surface area (TPSA) is 135 Å². The third-order valence-corrected chi connectivity index (χ3v) is 4.21. The Morgan fingerprint density at radius 2 is 1.03 bits per heavy atom. The lowest BCUT2D eigenvalue weighted by Crippen LogP contribution is -2.44. The largest absolute Gasteiger partial charge is 0.484 e. The minimum atomic E-state index is -0.516. The minimum absolute atomic E-state index is 0.0108.